The average molecular weight is 367 g/mol. The number of hydrogen-bond acceptors (Lipinski definition) is 6. The first kappa shape index (κ1) is 18.0. The highest BCUT2D eigenvalue weighted by Gasteiger charge is 2.07. The number of benzene rings is 1. The molecule has 0 saturated heterocycles. The van der Waals surface area contributed by atoms with Gasteiger partial charge in [-0.25, -0.2) is 9.48 Å². The molecule has 1 aromatic carbocycles. The Hall–Kier alpha value is -3.82. The van der Waals surface area contributed by atoms with Gasteiger partial charge in [-0.3, -0.25) is 14.2 Å². The van der Waals surface area contributed by atoms with Gasteiger partial charge in [0.2, 0.25) is 5.91 Å². The molecule has 2 heterocycles. The van der Waals surface area contributed by atoms with Gasteiger partial charge in [0.15, 0.2) is 0 Å². The molecule has 2 aromatic heterocycles. The number of carbonyl (C=O) groups is 1. The fourth-order valence-corrected chi connectivity index (χ4v) is 2.56. The maximum Gasteiger partial charge on any atom is 0.330 e. The van der Waals surface area contributed by atoms with Gasteiger partial charge >= 0.3 is 5.69 Å². The van der Waals surface area contributed by atoms with Gasteiger partial charge in [-0.05, 0) is 47.2 Å². The maximum atomic E-state index is 12.1. The van der Waals surface area contributed by atoms with E-state index in [1.54, 1.807) is 18.2 Å². The summed E-state index contributed by atoms with van der Waals surface area (Å²) in [4.78, 5) is 35.9. The van der Waals surface area contributed by atoms with Crippen LogP contribution in [0.3, 0.4) is 0 Å². The minimum Gasteiger partial charge on any atom is -0.323 e. The first-order valence-electron chi connectivity index (χ1n) is 7.96. The van der Waals surface area contributed by atoms with Gasteiger partial charge < -0.3 is 9.88 Å². The lowest BCUT2D eigenvalue weighted by atomic mass is 10.1. The molecule has 138 valence electrons. The van der Waals surface area contributed by atoms with E-state index in [1.165, 1.54) is 48.0 Å². The zero-order valence-electron chi connectivity index (χ0n) is 14.9. The van der Waals surface area contributed by atoms with E-state index < -0.39 is 17.2 Å². The maximum absolute atomic E-state index is 12.1. The van der Waals surface area contributed by atoms with Crippen molar-refractivity contribution in [3.63, 3.8) is 0 Å². The van der Waals surface area contributed by atoms with Crippen LogP contribution < -0.4 is 16.6 Å². The molecule has 10 nitrogen and oxygen atoms in total. The number of tetrazole rings is 1. The third-order valence-corrected chi connectivity index (χ3v) is 3.95. The van der Waals surface area contributed by atoms with Crippen molar-refractivity contribution < 1.29 is 4.79 Å². The van der Waals surface area contributed by atoms with Crippen molar-refractivity contribution in [3.8, 4) is 5.69 Å². The van der Waals surface area contributed by atoms with E-state index in [4.69, 9.17) is 0 Å². The molecule has 27 heavy (non-hydrogen) atoms. The van der Waals surface area contributed by atoms with Crippen molar-refractivity contribution in [1.82, 2.24) is 29.3 Å². The summed E-state index contributed by atoms with van der Waals surface area (Å²) in [6, 6.07) is 5.29. The topological polar surface area (TPSA) is 117 Å². The Kier molecular flexibility index (Phi) is 4.79. The zero-order valence-corrected chi connectivity index (χ0v) is 14.9. The van der Waals surface area contributed by atoms with Crippen molar-refractivity contribution in [2.24, 2.45) is 14.1 Å². The zero-order chi connectivity index (χ0) is 19.6. The van der Waals surface area contributed by atoms with E-state index >= 15 is 0 Å². The molecule has 0 aliphatic carbocycles. The number of carbonyl (C=O) groups excluding carboxylic acids is 1. The SMILES string of the molecule is Cc1cc(NC(=O)/C=C/c2cn(C)c(=O)n(C)c2=O)ccc1-n1cnnn1. The number of hydrogen-bond donors (Lipinski definition) is 1. The number of aryl methyl sites for hydroxylation is 2. The summed E-state index contributed by atoms with van der Waals surface area (Å²) in [5, 5.41) is 13.7. The van der Waals surface area contributed by atoms with Gasteiger partial charge in [-0.1, -0.05) is 0 Å². The molecule has 0 bridgehead atoms. The highest BCUT2D eigenvalue weighted by molar-refractivity contribution is 6.02. The molecule has 3 rings (SSSR count). The third-order valence-electron chi connectivity index (χ3n) is 3.95. The Labute approximate surface area is 153 Å². The van der Waals surface area contributed by atoms with Crippen molar-refractivity contribution in [2.75, 3.05) is 5.32 Å². The molecule has 1 N–H and O–H groups in total. The largest absolute Gasteiger partial charge is 0.330 e. The normalized spacial score (nSPS) is 11.1. The first-order valence-corrected chi connectivity index (χ1v) is 7.96. The molecule has 0 fully saturated rings. The molecule has 10 heteroatoms. The van der Waals surface area contributed by atoms with Crippen molar-refractivity contribution >= 4 is 17.7 Å². The highest BCUT2D eigenvalue weighted by Crippen LogP contribution is 2.17. The Bertz CT molecular complexity index is 1140. The number of aromatic nitrogens is 6. The van der Waals surface area contributed by atoms with Crippen molar-refractivity contribution in [3.05, 3.63) is 68.8 Å². The van der Waals surface area contributed by atoms with E-state index in [0.29, 0.717) is 5.69 Å². The second-order valence-corrected chi connectivity index (χ2v) is 5.92. The van der Waals surface area contributed by atoms with Gasteiger partial charge in [0.1, 0.15) is 6.33 Å². The minimum absolute atomic E-state index is 0.236. The van der Waals surface area contributed by atoms with Crippen molar-refractivity contribution in [1.29, 1.82) is 0 Å². The van der Waals surface area contributed by atoms with Gasteiger partial charge in [0, 0.05) is 32.1 Å². The molecule has 0 unspecified atom stereocenters. The van der Waals surface area contributed by atoms with Gasteiger partial charge in [0.05, 0.1) is 11.3 Å². The highest BCUT2D eigenvalue weighted by atomic mass is 16.2. The monoisotopic (exact) mass is 367 g/mol. The van der Waals surface area contributed by atoms with Crippen LogP contribution in [0.25, 0.3) is 11.8 Å². The summed E-state index contributed by atoms with van der Waals surface area (Å²) >= 11 is 0. The Morgan fingerprint density at radius 3 is 2.67 bits per heavy atom. The van der Waals surface area contributed by atoms with Crippen LogP contribution in [0, 0.1) is 6.92 Å². The second kappa shape index (κ2) is 7.20. The molecule has 0 saturated carbocycles. The summed E-state index contributed by atoms with van der Waals surface area (Å²) in [5.41, 5.74) is 1.59. The van der Waals surface area contributed by atoms with E-state index in [9.17, 15) is 14.4 Å². The van der Waals surface area contributed by atoms with Crippen LogP contribution in [0.5, 0.6) is 0 Å². The van der Waals surface area contributed by atoms with E-state index in [1.807, 2.05) is 6.92 Å². The molecule has 0 aliphatic heterocycles. The lowest BCUT2D eigenvalue weighted by Gasteiger charge is -2.08. The molecule has 0 spiro atoms. The Morgan fingerprint density at radius 2 is 2.00 bits per heavy atom. The summed E-state index contributed by atoms with van der Waals surface area (Å²) in [6.45, 7) is 1.87. The molecule has 1 amide bonds. The van der Waals surface area contributed by atoms with Gasteiger partial charge in [-0.2, -0.15) is 0 Å². The number of rotatable bonds is 4. The van der Waals surface area contributed by atoms with Crippen LogP contribution in [0.2, 0.25) is 0 Å². The molecular formula is C17H17N7O3. The van der Waals surface area contributed by atoms with Crippen LogP contribution in [0.15, 0.2) is 46.4 Å². The van der Waals surface area contributed by atoms with Crippen molar-refractivity contribution in [2.45, 2.75) is 6.92 Å². The summed E-state index contributed by atoms with van der Waals surface area (Å²) in [7, 11) is 2.92. The minimum atomic E-state index is -0.469. The standard InChI is InChI=1S/C17H17N7O3/c1-11-8-13(5-6-14(11)24-10-18-20-21-24)19-15(25)7-4-12-9-22(2)17(27)23(3)16(12)26/h4-10H,1-3H3,(H,19,25)/b7-4+. The number of nitrogens with zero attached hydrogens (tertiary/aromatic N) is 6. The van der Waals surface area contributed by atoms with Gasteiger partial charge in [-0.15, -0.1) is 5.10 Å². The van der Waals surface area contributed by atoms with Crippen LogP contribution in [-0.4, -0.2) is 35.2 Å². The smallest absolute Gasteiger partial charge is 0.323 e. The fraction of sp³-hybridized carbons (Fsp3) is 0.176. The van der Waals surface area contributed by atoms with Crippen LogP contribution in [0.1, 0.15) is 11.1 Å². The average Bonchev–Trinajstić information content (AvgIpc) is 3.16. The lowest BCUT2D eigenvalue weighted by molar-refractivity contribution is -0.111. The van der Waals surface area contributed by atoms with E-state index in [0.717, 1.165) is 15.8 Å². The molecule has 3 aromatic rings. The van der Waals surface area contributed by atoms with E-state index in [2.05, 4.69) is 20.8 Å². The second-order valence-electron chi connectivity index (χ2n) is 5.92. The number of anilines is 1. The predicted molar refractivity (Wildman–Crippen MR) is 98.5 cm³/mol. The van der Waals surface area contributed by atoms with Crippen LogP contribution in [-0.2, 0) is 18.9 Å². The lowest BCUT2D eigenvalue weighted by Crippen LogP contribution is -2.37. The molecular weight excluding hydrogens is 350 g/mol. The number of nitrogens with one attached hydrogen (secondary N) is 1. The first-order chi connectivity index (χ1) is 12.9. The van der Waals surface area contributed by atoms with E-state index in [-0.39, 0.29) is 5.56 Å². The van der Waals surface area contributed by atoms with Crippen LogP contribution in [0.4, 0.5) is 5.69 Å². The molecule has 0 radical (unpaired) electrons. The predicted octanol–water partition coefficient (Wildman–Crippen LogP) is 0.0200. The molecule has 0 atom stereocenters. The molecule has 0 aliphatic rings. The third kappa shape index (κ3) is 3.73. The summed E-state index contributed by atoms with van der Waals surface area (Å²) in [6.07, 6.45) is 5.49. The Balaban J connectivity index is 1.77. The summed E-state index contributed by atoms with van der Waals surface area (Å²) in [5.74, 6) is -0.402. The summed E-state index contributed by atoms with van der Waals surface area (Å²) < 4.78 is 3.79. The fourth-order valence-electron chi connectivity index (χ4n) is 2.56. The van der Waals surface area contributed by atoms with Gasteiger partial charge in [0.25, 0.3) is 5.56 Å². The Morgan fingerprint density at radius 1 is 1.22 bits per heavy atom. The number of amides is 1. The van der Waals surface area contributed by atoms with Crippen LogP contribution >= 0.6 is 0 Å². The quantitative estimate of drug-likeness (QED) is 0.650.